The lowest BCUT2D eigenvalue weighted by Crippen LogP contribution is -2.39. The summed E-state index contributed by atoms with van der Waals surface area (Å²) in [4.78, 5) is 15.0. The van der Waals surface area contributed by atoms with E-state index in [0.717, 1.165) is 12.1 Å². The Labute approximate surface area is 171 Å². The van der Waals surface area contributed by atoms with Gasteiger partial charge >= 0.3 is 0 Å². The van der Waals surface area contributed by atoms with Gasteiger partial charge in [0.05, 0.1) is 24.0 Å². The number of piperidine rings is 1. The van der Waals surface area contributed by atoms with Crippen LogP contribution in [-0.4, -0.2) is 51.0 Å². The van der Waals surface area contributed by atoms with Crippen LogP contribution < -0.4 is 15.4 Å². The van der Waals surface area contributed by atoms with Crippen molar-refractivity contribution in [3.05, 3.63) is 47.8 Å². The van der Waals surface area contributed by atoms with E-state index in [4.69, 9.17) is 15.6 Å². The number of aliphatic hydroxyl groups is 2. The van der Waals surface area contributed by atoms with E-state index < -0.39 is 24.3 Å². The third kappa shape index (κ3) is 4.10. The Hall–Kier alpha value is -3.11. The van der Waals surface area contributed by atoms with Crippen molar-refractivity contribution in [2.45, 2.75) is 25.0 Å². The second kappa shape index (κ2) is 8.33. The summed E-state index contributed by atoms with van der Waals surface area (Å²) in [5.74, 6) is -0.576. The van der Waals surface area contributed by atoms with Gasteiger partial charge in [-0.25, -0.2) is 18.7 Å². The number of nitrogen functional groups attached to an aromatic ring is 1. The summed E-state index contributed by atoms with van der Waals surface area (Å²) in [6.45, 7) is 0.706. The molecule has 30 heavy (non-hydrogen) atoms. The normalized spacial score (nSPS) is 16.1. The van der Waals surface area contributed by atoms with E-state index in [-0.39, 0.29) is 23.4 Å². The average molecular weight is 417 g/mol. The standard InChI is InChI=1S/C20H21F2N5O3/c21-11-1-2-18(13(22)7-11)30-12-3-5-27(6-4-12)20-19(23)25-14-8-15(17(29)10-28)24-9-16(14)26-20/h1-2,7-9,12,17,28-29H,3-6,10H2,(H2,23,25). The van der Waals surface area contributed by atoms with E-state index in [2.05, 4.69) is 15.0 Å². The Morgan fingerprint density at radius 1 is 1.17 bits per heavy atom. The number of rotatable bonds is 5. The minimum Gasteiger partial charge on any atom is -0.487 e. The highest BCUT2D eigenvalue weighted by Gasteiger charge is 2.24. The van der Waals surface area contributed by atoms with Crippen molar-refractivity contribution in [3.63, 3.8) is 0 Å². The monoisotopic (exact) mass is 417 g/mol. The van der Waals surface area contributed by atoms with Crippen LogP contribution in [0.1, 0.15) is 24.6 Å². The minimum absolute atomic E-state index is 0.0341. The second-order valence-electron chi connectivity index (χ2n) is 7.11. The van der Waals surface area contributed by atoms with Gasteiger partial charge in [0.2, 0.25) is 0 Å². The average Bonchev–Trinajstić information content (AvgIpc) is 2.75. The van der Waals surface area contributed by atoms with Crippen molar-refractivity contribution in [2.75, 3.05) is 30.3 Å². The molecule has 1 aliphatic heterocycles. The maximum Gasteiger partial charge on any atom is 0.172 e. The Bertz CT molecular complexity index is 1060. The molecule has 8 nitrogen and oxygen atoms in total. The zero-order valence-electron chi connectivity index (χ0n) is 16.0. The topological polar surface area (TPSA) is 118 Å². The largest absolute Gasteiger partial charge is 0.487 e. The number of aliphatic hydroxyl groups excluding tert-OH is 2. The van der Waals surface area contributed by atoms with Crippen LogP contribution in [0, 0.1) is 11.6 Å². The van der Waals surface area contributed by atoms with E-state index in [0.29, 0.717) is 42.8 Å². The molecule has 4 rings (SSSR count). The SMILES string of the molecule is Nc1nc2cc(C(O)CO)ncc2nc1N1CCC(Oc2ccc(F)cc2F)CC1. The number of ether oxygens (including phenoxy) is 1. The molecule has 0 aliphatic carbocycles. The van der Waals surface area contributed by atoms with Gasteiger partial charge in [-0.15, -0.1) is 0 Å². The van der Waals surface area contributed by atoms with Crippen LogP contribution in [-0.2, 0) is 0 Å². The van der Waals surface area contributed by atoms with Crippen LogP contribution in [0.3, 0.4) is 0 Å². The van der Waals surface area contributed by atoms with Crippen LogP contribution in [0.4, 0.5) is 20.4 Å². The molecule has 158 valence electrons. The predicted molar refractivity (Wildman–Crippen MR) is 106 cm³/mol. The van der Waals surface area contributed by atoms with Crippen molar-refractivity contribution in [3.8, 4) is 5.75 Å². The maximum absolute atomic E-state index is 13.8. The summed E-state index contributed by atoms with van der Waals surface area (Å²) in [6, 6.07) is 4.80. The van der Waals surface area contributed by atoms with Gasteiger partial charge in [-0.05, 0) is 18.2 Å². The molecule has 2 aromatic heterocycles. The van der Waals surface area contributed by atoms with Gasteiger partial charge in [-0.3, -0.25) is 4.98 Å². The number of fused-ring (bicyclic) bond motifs is 1. The molecular formula is C20H21F2N5O3. The predicted octanol–water partition coefficient (Wildman–Crippen LogP) is 1.96. The van der Waals surface area contributed by atoms with E-state index >= 15 is 0 Å². The number of benzene rings is 1. The fraction of sp³-hybridized carbons (Fsp3) is 0.350. The quantitative estimate of drug-likeness (QED) is 0.577. The first kappa shape index (κ1) is 20.2. The van der Waals surface area contributed by atoms with Crippen LogP contribution in [0.2, 0.25) is 0 Å². The van der Waals surface area contributed by atoms with Gasteiger partial charge in [0.25, 0.3) is 0 Å². The summed E-state index contributed by atoms with van der Waals surface area (Å²) >= 11 is 0. The highest BCUT2D eigenvalue weighted by Crippen LogP contribution is 2.28. The first-order valence-electron chi connectivity index (χ1n) is 9.53. The van der Waals surface area contributed by atoms with Crippen LogP contribution >= 0.6 is 0 Å². The molecule has 0 bridgehead atoms. The number of nitrogens with two attached hydrogens (primary N) is 1. The number of nitrogens with zero attached hydrogens (tertiary/aromatic N) is 4. The molecule has 0 spiro atoms. The number of hydrogen-bond donors (Lipinski definition) is 3. The minimum atomic E-state index is -1.10. The van der Waals surface area contributed by atoms with Crippen LogP contribution in [0.15, 0.2) is 30.5 Å². The van der Waals surface area contributed by atoms with Gasteiger partial charge in [0, 0.05) is 32.0 Å². The maximum atomic E-state index is 13.8. The fourth-order valence-electron chi connectivity index (χ4n) is 3.42. The number of hydrogen-bond acceptors (Lipinski definition) is 8. The van der Waals surface area contributed by atoms with E-state index in [1.165, 1.54) is 12.3 Å². The van der Waals surface area contributed by atoms with E-state index in [1.807, 2.05) is 4.90 Å². The van der Waals surface area contributed by atoms with E-state index in [1.54, 1.807) is 6.07 Å². The summed E-state index contributed by atoms with van der Waals surface area (Å²) in [5, 5.41) is 18.8. The lowest BCUT2D eigenvalue weighted by molar-refractivity contribution is 0.0924. The molecule has 0 radical (unpaired) electrons. The Morgan fingerprint density at radius 2 is 1.93 bits per heavy atom. The number of halogens is 2. The smallest absolute Gasteiger partial charge is 0.172 e. The Balaban J connectivity index is 1.46. The Morgan fingerprint density at radius 3 is 2.63 bits per heavy atom. The molecule has 1 aromatic carbocycles. The molecule has 1 unspecified atom stereocenters. The molecule has 0 saturated carbocycles. The lowest BCUT2D eigenvalue weighted by Gasteiger charge is -2.33. The van der Waals surface area contributed by atoms with Crippen molar-refractivity contribution >= 4 is 22.7 Å². The molecule has 1 aliphatic rings. The number of anilines is 2. The van der Waals surface area contributed by atoms with Gasteiger partial charge in [0.15, 0.2) is 23.2 Å². The van der Waals surface area contributed by atoms with Crippen LogP contribution in [0.25, 0.3) is 11.0 Å². The molecule has 3 aromatic rings. The first-order valence-corrected chi connectivity index (χ1v) is 9.53. The van der Waals surface area contributed by atoms with Crippen molar-refractivity contribution in [2.24, 2.45) is 0 Å². The molecule has 1 atom stereocenters. The summed E-state index contributed by atoms with van der Waals surface area (Å²) in [6.07, 6.45) is 1.39. The molecule has 1 saturated heterocycles. The third-order valence-electron chi connectivity index (χ3n) is 5.02. The summed E-state index contributed by atoms with van der Waals surface area (Å²) in [5.41, 5.74) is 7.38. The highest BCUT2D eigenvalue weighted by atomic mass is 19.1. The molecule has 3 heterocycles. The second-order valence-corrected chi connectivity index (χ2v) is 7.11. The first-order chi connectivity index (χ1) is 14.4. The third-order valence-corrected chi connectivity index (χ3v) is 5.02. The molecule has 10 heteroatoms. The van der Waals surface area contributed by atoms with Gasteiger partial charge < -0.3 is 25.6 Å². The van der Waals surface area contributed by atoms with E-state index in [9.17, 15) is 13.9 Å². The molecule has 1 fully saturated rings. The van der Waals surface area contributed by atoms with Crippen molar-refractivity contribution < 1.29 is 23.7 Å². The molecular weight excluding hydrogens is 396 g/mol. The Kier molecular flexibility index (Phi) is 5.60. The zero-order chi connectivity index (χ0) is 21.3. The van der Waals surface area contributed by atoms with Gasteiger partial charge in [-0.2, -0.15) is 0 Å². The number of pyridine rings is 1. The van der Waals surface area contributed by atoms with Crippen LogP contribution in [0.5, 0.6) is 5.75 Å². The van der Waals surface area contributed by atoms with Crippen molar-refractivity contribution in [1.82, 2.24) is 15.0 Å². The van der Waals surface area contributed by atoms with Gasteiger partial charge in [-0.1, -0.05) is 0 Å². The summed E-state index contributed by atoms with van der Waals surface area (Å²) in [7, 11) is 0. The van der Waals surface area contributed by atoms with Crippen molar-refractivity contribution in [1.29, 1.82) is 0 Å². The molecule has 0 amide bonds. The number of aromatic nitrogens is 3. The highest BCUT2D eigenvalue weighted by molar-refractivity contribution is 5.79. The lowest BCUT2D eigenvalue weighted by atomic mass is 10.1. The van der Waals surface area contributed by atoms with Gasteiger partial charge in [0.1, 0.15) is 23.5 Å². The fourth-order valence-corrected chi connectivity index (χ4v) is 3.42. The summed E-state index contributed by atoms with van der Waals surface area (Å²) < 4.78 is 32.5. The zero-order valence-corrected chi connectivity index (χ0v) is 16.0. The molecule has 4 N–H and O–H groups in total.